The van der Waals surface area contributed by atoms with Gasteiger partial charge in [-0.25, -0.2) is 0 Å². The molecular weight excluding hydrogens is 336 g/mol. The zero-order chi connectivity index (χ0) is 21.0. The number of amides is 3. The fourth-order valence-corrected chi connectivity index (χ4v) is 1.75. The minimum Gasteiger partial charge on any atom is -0.354 e. The minimum absolute atomic E-state index is 0.197. The summed E-state index contributed by atoms with van der Waals surface area (Å²) >= 11 is 0. The smallest absolute Gasteiger partial charge is 0.239 e. The first-order valence-corrected chi connectivity index (χ1v) is 8.60. The molecule has 3 amide bonds. The van der Waals surface area contributed by atoms with Gasteiger partial charge in [0.1, 0.15) is 0 Å². The standard InChI is InChI=1S/C17H36N6O3/c1-14(2,18)11(24)21-8-17(7,9-22-12(25)15(3,4)19)10-23-13(26)16(5,6)20/h8-10,18-20H2,1-7H3,(H,21,24)(H,22,25)(H,23,26). The zero-order valence-corrected chi connectivity index (χ0v) is 17.1. The number of hydrogen-bond acceptors (Lipinski definition) is 6. The van der Waals surface area contributed by atoms with Crippen LogP contribution in [0.4, 0.5) is 0 Å². The van der Waals surface area contributed by atoms with Crippen LogP contribution in [-0.4, -0.2) is 54.0 Å². The lowest BCUT2D eigenvalue weighted by Gasteiger charge is -2.33. The minimum atomic E-state index is -1.04. The van der Waals surface area contributed by atoms with E-state index in [1.54, 1.807) is 41.5 Å². The van der Waals surface area contributed by atoms with Crippen LogP contribution in [0.5, 0.6) is 0 Å². The van der Waals surface area contributed by atoms with Crippen LogP contribution in [0.25, 0.3) is 0 Å². The lowest BCUT2D eigenvalue weighted by atomic mass is 9.88. The van der Waals surface area contributed by atoms with Gasteiger partial charge in [-0.05, 0) is 41.5 Å². The van der Waals surface area contributed by atoms with Crippen molar-refractivity contribution in [2.24, 2.45) is 22.6 Å². The van der Waals surface area contributed by atoms with Crippen LogP contribution in [0.2, 0.25) is 0 Å². The van der Waals surface area contributed by atoms with E-state index in [0.717, 1.165) is 0 Å². The third-order valence-corrected chi connectivity index (χ3v) is 3.78. The van der Waals surface area contributed by atoms with Gasteiger partial charge in [-0.2, -0.15) is 0 Å². The largest absolute Gasteiger partial charge is 0.354 e. The Balaban J connectivity index is 5.10. The molecule has 26 heavy (non-hydrogen) atoms. The van der Waals surface area contributed by atoms with Crippen LogP contribution >= 0.6 is 0 Å². The molecule has 9 heteroatoms. The summed E-state index contributed by atoms with van der Waals surface area (Å²) in [7, 11) is 0. The van der Waals surface area contributed by atoms with Crippen LogP contribution in [0.3, 0.4) is 0 Å². The molecule has 0 atom stereocenters. The molecule has 0 heterocycles. The number of carbonyl (C=O) groups excluding carboxylic acids is 3. The highest BCUT2D eigenvalue weighted by Crippen LogP contribution is 2.14. The van der Waals surface area contributed by atoms with Crippen molar-refractivity contribution in [1.82, 2.24) is 16.0 Å². The molecule has 0 aliphatic rings. The van der Waals surface area contributed by atoms with Crippen molar-refractivity contribution in [3.63, 3.8) is 0 Å². The molecule has 0 aliphatic heterocycles. The average Bonchev–Trinajstić information content (AvgIpc) is 2.45. The summed E-state index contributed by atoms with van der Waals surface area (Å²) in [4.78, 5) is 36.2. The average molecular weight is 373 g/mol. The lowest BCUT2D eigenvalue weighted by molar-refractivity contribution is -0.126. The normalized spacial score (nSPS) is 13.2. The molecule has 0 fully saturated rings. The Bertz CT molecular complexity index is 452. The number of nitrogens with two attached hydrogens (primary N) is 3. The number of rotatable bonds is 9. The number of carbonyl (C=O) groups is 3. The monoisotopic (exact) mass is 372 g/mol. The van der Waals surface area contributed by atoms with Gasteiger partial charge in [-0.1, -0.05) is 6.92 Å². The van der Waals surface area contributed by atoms with E-state index in [9.17, 15) is 14.4 Å². The lowest BCUT2D eigenvalue weighted by Crippen LogP contribution is -2.58. The SMILES string of the molecule is CC(CNC(=O)C(C)(C)N)(CNC(=O)C(C)(C)N)CNC(=O)C(C)(C)N. The highest BCUT2D eigenvalue weighted by Gasteiger charge is 2.32. The maximum atomic E-state index is 12.1. The van der Waals surface area contributed by atoms with Crippen molar-refractivity contribution < 1.29 is 14.4 Å². The van der Waals surface area contributed by atoms with Crippen molar-refractivity contribution in [3.8, 4) is 0 Å². The maximum Gasteiger partial charge on any atom is 0.239 e. The number of nitrogens with one attached hydrogen (secondary N) is 3. The molecule has 0 saturated carbocycles. The Labute approximate surface area is 156 Å². The van der Waals surface area contributed by atoms with Crippen LogP contribution in [0, 0.1) is 5.41 Å². The molecule has 0 aromatic heterocycles. The summed E-state index contributed by atoms with van der Waals surface area (Å²) in [6.45, 7) is 12.0. The first kappa shape index (κ1) is 24.3. The molecule has 0 aromatic rings. The van der Waals surface area contributed by atoms with E-state index in [4.69, 9.17) is 17.2 Å². The second-order valence-electron chi connectivity index (χ2n) is 9.02. The Morgan fingerprint density at radius 1 is 0.577 bits per heavy atom. The van der Waals surface area contributed by atoms with Gasteiger partial charge in [0.15, 0.2) is 0 Å². The quantitative estimate of drug-likeness (QED) is 0.290. The second kappa shape index (κ2) is 8.32. The van der Waals surface area contributed by atoms with E-state index in [0.29, 0.717) is 0 Å². The molecule has 0 spiro atoms. The van der Waals surface area contributed by atoms with E-state index >= 15 is 0 Å². The maximum absolute atomic E-state index is 12.1. The first-order valence-electron chi connectivity index (χ1n) is 8.60. The van der Waals surface area contributed by atoms with E-state index in [-0.39, 0.29) is 37.4 Å². The van der Waals surface area contributed by atoms with Crippen LogP contribution in [0.15, 0.2) is 0 Å². The third-order valence-electron chi connectivity index (χ3n) is 3.78. The Kier molecular flexibility index (Phi) is 7.77. The molecule has 0 aromatic carbocycles. The summed E-state index contributed by atoms with van der Waals surface area (Å²) in [6, 6.07) is 0. The fraction of sp³-hybridized carbons (Fsp3) is 0.824. The summed E-state index contributed by atoms with van der Waals surface area (Å²) in [5.74, 6) is -1.00. The van der Waals surface area contributed by atoms with Gasteiger partial charge in [-0.3, -0.25) is 14.4 Å². The van der Waals surface area contributed by atoms with E-state index in [2.05, 4.69) is 16.0 Å². The highest BCUT2D eigenvalue weighted by atomic mass is 16.2. The fourth-order valence-electron chi connectivity index (χ4n) is 1.75. The van der Waals surface area contributed by atoms with Gasteiger partial charge in [0, 0.05) is 25.0 Å². The van der Waals surface area contributed by atoms with Gasteiger partial charge in [0.05, 0.1) is 16.6 Å². The summed E-state index contributed by atoms with van der Waals surface area (Å²) in [6.07, 6.45) is 0. The topological polar surface area (TPSA) is 165 Å². The molecular formula is C17H36N6O3. The molecule has 0 bridgehead atoms. The van der Waals surface area contributed by atoms with Gasteiger partial charge in [-0.15, -0.1) is 0 Å². The predicted octanol–water partition coefficient (Wildman–Crippen LogP) is -1.45. The summed E-state index contributed by atoms with van der Waals surface area (Å²) < 4.78 is 0. The Hall–Kier alpha value is -1.71. The van der Waals surface area contributed by atoms with Gasteiger partial charge in [0.2, 0.25) is 17.7 Å². The van der Waals surface area contributed by atoms with Crippen LogP contribution in [-0.2, 0) is 14.4 Å². The highest BCUT2D eigenvalue weighted by molar-refractivity contribution is 5.86. The van der Waals surface area contributed by atoms with E-state index in [1.165, 1.54) is 0 Å². The second-order valence-corrected chi connectivity index (χ2v) is 9.02. The predicted molar refractivity (Wildman–Crippen MR) is 102 cm³/mol. The van der Waals surface area contributed by atoms with Crippen molar-refractivity contribution >= 4 is 17.7 Å². The number of hydrogen-bond donors (Lipinski definition) is 6. The Morgan fingerprint density at radius 3 is 0.923 bits per heavy atom. The molecule has 9 N–H and O–H groups in total. The molecule has 9 nitrogen and oxygen atoms in total. The molecule has 0 aliphatic carbocycles. The molecule has 0 radical (unpaired) electrons. The van der Waals surface area contributed by atoms with Crippen LogP contribution < -0.4 is 33.2 Å². The van der Waals surface area contributed by atoms with Gasteiger partial charge < -0.3 is 33.2 Å². The Morgan fingerprint density at radius 2 is 0.769 bits per heavy atom. The first-order chi connectivity index (χ1) is 11.4. The zero-order valence-electron chi connectivity index (χ0n) is 17.1. The van der Waals surface area contributed by atoms with Crippen molar-refractivity contribution in [2.45, 2.75) is 65.1 Å². The van der Waals surface area contributed by atoms with Crippen molar-refractivity contribution in [2.75, 3.05) is 19.6 Å². The van der Waals surface area contributed by atoms with Gasteiger partial charge >= 0.3 is 0 Å². The van der Waals surface area contributed by atoms with Crippen LogP contribution in [0.1, 0.15) is 48.5 Å². The van der Waals surface area contributed by atoms with E-state index in [1.807, 2.05) is 6.92 Å². The molecule has 152 valence electrons. The van der Waals surface area contributed by atoms with Gasteiger partial charge in [0.25, 0.3) is 0 Å². The summed E-state index contributed by atoms with van der Waals surface area (Å²) in [5, 5.41) is 8.28. The van der Waals surface area contributed by atoms with Crippen molar-refractivity contribution in [3.05, 3.63) is 0 Å². The molecule has 0 rings (SSSR count). The molecule has 0 unspecified atom stereocenters. The third kappa shape index (κ3) is 8.59. The molecule has 0 saturated heterocycles. The van der Waals surface area contributed by atoms with Crippen molar-refractivity contribution in [1.29, 1.82) is 0 Å². The van der Waals surface area contributed by atoms with E-state index < -0.39 is 22.0 Å². The summed E-state index contributed by atoms with van der Waals surface area (Å²) in [5.41, 5.74) is 13.6.